The molecule has 1 heterocycles. The lowest BCUT2D eigenvalue weighted by atomic mass is 10.3. The van der Waals surface area contributed by atoms with E-state index in [0.29, 0.717) is 0 Å². The van der Waals surface area contributed by atoms with E-state index in [1.54, 1.807) is 7.05 Å². The van der Waals surface area contributed by atoms with Crippen molar-refractivity contribution >= 4 is 17.3 Å². The standard InChI is InChI=1S/C8H12N2O2S/c1-5-4-13-7(10-5)6(9-2)8(11)12-3/h4,6,9H,1-3H3. The van der Waals surface area contributed by atoms with E-state index in [-0.39, 0.29) is 5.97 Å². The summed E-state index contributed by atoms with van der Waals surface area (Å²) in [5.41, 5.74) is 0.921. The highest BCUT2D eigenvalue weighted by Crippen LogP contribution is 2.18. The summed E-state index contributed by atoms with van der Waals surface area (Å²) in [5.74, 6) is -0.308. The number of carbonyl (C=O) groups is 1. The zero-order valence-corrected chi connectivity index (χ0v) is 8.64. The van der Waals surface area contributed by atoms with Gasteiger partial charge < -0.3 is 10.1 Å². The number of hydrogen-bond donors (Lipinski definition) is 1. The van der Waals surface area contributed by atoms with E-state index in [1.807, 2.05) is 12.3 Å². The normalized spacial score (nSPS) is 12.5. The minimum atomic E-state index is -0.441. The molecule has 0 aromatic carbocycles. The largest absolute Gasteiger partial charge is 0.468 e. The van der Waals surface area contributed by atoms with Crippen molar-refractivity contribution in [3.63, 3.8) is 0 Å². The summed E-state index contributed by atoms with van der Waals surface area (Å²) in [5, 5.41) is 5.50. The molecule has 1 aromatic rings. The average molecular weight is 200 g/mol. The van der Waals surface area contributed by atoms with Gasteiger partial charge in [0.25, 0.3) is 0 Å². The summed E-state index contributed by atoms with van der Waals surface area (Å²) >= 11 is 1.45. The van der Waals surface area contributed by atoms with E-state index in [0.717, 1.165) is 10.7 Å². The Balaban J connectivity index is 2.84. The first-order chi connectivity index (χ1) is 6.19. The highest BCUT2D eigenvalue weighted by molar-refractivity contribution is 7.09. The number of nitrogens with one attached hydrogen (secondary N) is 1. The molecule has 0 spiro atoms. The fourth-order valence-corrected chi connectivity index (χ4v) is 1.86. The maximum atomic E-state index is 11.2. The number of ether oxygens (including phenoxy) is 1. The molecule has 0 aliphatic heterocycles. The van der Waals surface area contributed by atoms with Crippen LogP contribution in [0.4, 0.5) is 0 Å². The Morgan fingerprint density at radius 1 is 1.77 bits per heavy atom. The lowest BCUT2D eigenvalue weighted by molar-refractivity contribution is -0.143. The van der Waals surface area contributed by atoms with Crippen LogP contribution in [0.1, 0.15) is 16.7 Å². The summed E-state index contributed by atoms with van der Waals surface area (Å²) in [6.07, 6.45) is 0. The molecule has 13 heavy (non-hydrogen) atoms. The summed E-state index contributed by atoms with van der Waals surface area (Å²) in [4.78, 5) is 15.4. The molecule has 1 N–H and O–H groups in total. The maximum absolute atomic E-state index is 11.2. The van der Waals surface area contributed by atoms with Crippen LogP contribution in [0, 0.1) is 6.92 Å². The van der Waals surface area contributed by atoms with E-state index in [4.69, 9.17) is 0 Å². The van der Waals surface area contributed by atoms with Gasteiger partial charge in [-0.2, -0.15) is 0 Å². The van der Waals surface area contributed by atoms with E-state index in [1.165, 1.54) is 18.4 Å². The lowest BCUT2D eigenvalue weighted by Crippen LogP contribution is -2.26. The molecule has 1 unspecified atom stereocenters. The van der Waals surface area contributed by atoms with Crippen LogP contribution in [0.15, 0.2) is 5.38 Å². The van der Waals surface area contributed by atoms with Crippen molar-refractivity contribution in [3.05, 3.63) is 16.1 Å². The topological polar surface area (TPSA) is 51.2 Å². The monoisotopic (exact) mass is 200 g/mol. The number of likely N-dealkylation sites (N-methyl/N-ethyl adjacent to an activating group) is 1. The van der Waals surface area contributed by atoms with E-state index in [9.17, 15) is 4.79 Å². The minimum Gasteiger partial charge on any atom is -0.468 e. The molecule has 0 saturated heterocycles. The van der Waals surface area contributed by atoms with Crippen molar-refractivity contribution in [1.29, 1.82) is 0 Å². The second-order valence-electron chi connectivity index (χ2n) is 2.57. The molecule has 0 amide bonds. The minimum absolute atomic E-state index is 0.308. The van der Waals surface area contributed by atoms with Crippen LogP contribution in [0.3, 0.4) is 0 Å². The van der Waals surface area contributed by atoms with Gasteiger partial charge in [-0.15, -0.1) is 11.3 Å². The van der Waals surface area contributed by atoms with Crippen LogP contribution in [0.25, 0.3) is 0 Å². The van der Waals surface area contributed by atoms with Gasteiger partial charge in [0, 0.05) is 11.1 Å². The predicted octanol–water partition coefficient (Wildman–Crippen LogP) is 0.885. The molecule has 1 rings (SSSR count). The third-order valence-electron chi connectivity index (χ3n) is 1.61. The van der Waals surface area contributed by atoms with Crippen LogP contribution in [-0.2, 0) is 9.53 Å². The van der Waals surface area contributed by atoms with Crippen molar-refractivity contribution in [2.45, 2.75) is 13.0 Å². The third kappa shape index (κ3) is 2.26. The predicted molar refractivity (Wildman–Crippen MR) is 50.7 cm³/mol. The third-order valence-corrected chi connectivity index (χ3v) is 2.64. The second kappa shape index (κ2) is 4.34. The van der Waals surface area contributed by atoms with Crippen LogP contribution in [0.2, 0.25) is 0 Å². The van der Waals surface area contributed by atoms with Gasteiger partial charge in [-0.1, -0.05) is 0 Å². The molecular weight excluding hydrogens is 188 g/mol. The van der Waals surface area contributed by atoms with Gasteiger partial charge in [0.05, 0.1) is 7.11 Å². The number of thiazole rings is 1. The van der Waals surface area contributed by atoms with Crippen LogP contribution in [-0.4, -0.2) is 25.1 Å². The van der Waals surface area contributed by atoms with Gasteiger partial charge in [-0.05, 0) is 14.0 Å². The molecule has 72 valence electrons. The van der Waals surface area contributed by atoms with Gasteiger partial charge in [0.15, 0.2) is 6.04 Å². The molecule has 0 aliphatic rings. The Morgan fingerprint density at radius 2 is 2.46 bits per heavy atom. The fourth-order valence-electron chi connectivity index (χ4n) is 0.965. The van der Waals surface area contributed by atoms with Gasteiger partial charge >= 0.3 is 5.97 Å². The maximum Gasteiger partial charge on any atom is 0.330 e. The van der Waals surface area contributed by atoms with Crippen molar-refractivity contribution < 1.29 is 9.53 Å². The van der Waals surface area contributed by atoms with Crippen LogP contribution >= 0.6 is 11.3 Å². The summed E-state index contributed by atoms with van der Waals surface area (Å²) in [6.45, 7) is 1.89. The second-order valence-corrected chi connectivity index (χ2v) is 3.46. The van der Waals surface area contributed by atoms with Crippen LogP contribution in [0.5, 0.6) is 0 Å². The fraction of sp³-hybridized carbons (Fsp3) is 0.500. The zero-order valence-electron chi connectivity index (χ0n) is 7.83. The molecule has 0 bridgehead atoms. The Labute approximate surface area is 80.9 Å². The molecular formula is C8H12N2O2S. The number of carbonyl (C=O) groups excluding carboxylic acids is 1. The molecule has 0 aliphatic carbocycles. The quantitative estimate of drug-likeness (QED) is 0.736. The molecule has 0 saturated carbocycles. The Kier molecular flexibility index (Phi) is 3.39. The van der Waals surface area contributed by atoms with E-state index >= 15 is 0 Å². The molecule has 5 heteroatoms. The lowest BCUT2D eigenvalue weighted by Gasteiger charge is -2.09. The highest BCUT2D eigenvalue weighted by atomic mass is 32.1. The molecule has 1 aromatic heterocycles. The van der Waals surface area contributed by atoms with Crippen molar-refractivity contribution in [1.82, 2.24) is 10.3 Å². The van der Waals surface area contributed by atoms with E-state index < -0.39 is 6.04 Å². The number of nitrogens with zero attached hydrogens (tertiary/aromatic N) is 1. The first-order valence-corrected chi connectivity index (χ1v) is 4.74. The summed E-state index contributed by atoms with van der Waals surface area (Å²) in [7, 11) is 3.07. The van der Waals surface area contributed by atoms with Gasteiger partial charge in [0.1, 0.15) is 5.01 Å². The van der Waals surface area contributed by atoms with Gasteiger partial charge in [-0.25, -0.2) is 9.78 Å². The molecule has 4 nitrogen and oxygen atoms in total. The number of hydrogen-bond acceptors (Lipinski definition) is 5. The molecule has 0 fully saturated rings. The van der Waals surface area contributed by atoms with Crippen LogP contribution < -0.4 is 5.32 Å². The van der Waals surface area contributed by atoms with Gasteiger partial charge in [-0.3, -0.25) is 0 Å². The van der Waals surface area contributed by atoms with Crippen molar-refractivity contribution in [3.8, 4) is 0 Å². The number of aromatic nitrogens is 1. The first-order valence-electron chi connectivity index (χ1n) is 3.86. The number of aryl methyl sites for hydroxylation is 1. The number of rotatable bonds is 3. The Morgan fingerprint density at radius 3 is 2.85 bits per heavy atom. The molecule has 0 radical (unpaired) electrons. The molecule has 1 atom stereocenters. The Bertz CT molecular complexity index is 298. The summed E-state index contributed by atoms with van der Waals surface area (Å²) < 4.78 is 4.63. The van der Waals surface area contributed by atoms with Crippen molar-refractivity contribution in [2.24, 2.45) is 0 Å². The highest BCUT2D eigenvalue weighted by Gasteiger charge is 2.21. The zero-order chi connectivity index (χ0) is 9.84. The Hall–Kier alpha value is -0.940. The van der Waals surface area contributed by atoms with Gasteiger partial charge in [0.2, 0.25) is 0 Å². The average Bonchev–Trinajstić information content (AvgIpc) is 2.53. The van der Waals surface area contributed by atoms with Crippen molar-refractivity contribution in [2.75, 3.05) is 14.2 Å². The SMILES string of the molecule is CNC(C(=O)OC)c1nc(C)cs1. The smallest absolute Gasteiger partial charge is 0.330 e. The number of esters is 1. The van der Waals surface area contributed by atoms with E-state index in [2.05, 4.69) is 15.0 Å². The number of methoxy groups -OCH3 is 1. The summed E-state index contributed by atoms with van der Waals surface area (Å²) in [6, 6.07) is -0.441. The first kappa shape index (κ1) is 10.1.